The Balaban J connectivity index is 2.65. The molecule has 0 aromatic heterocycles. The summed E-state index contributed by atoms with van der Waals surface area (Å²) in [5.41, 5.74) is 0. The van der Waals surface area contributed by atoms with E-state index in [1.54, 1.807) is 0 Å². The second-order valence-corrected chi connectivity index (χ2v) is 3.40. The predicted molar refractivity (Wildman–Crippen MR) is 39.1 cm³/mol. The fourth-order valence-corrected chi connectivity index (χ4v) is 1.33. The molecule has 1 fully saturated rings. The highest BCUT2D eigenvalue weighted by atomic mass is 16.5. The van der Waals surface area contributed by atoms with Gasteiger partial charge in [-0.2, -0.15) is 0 Å². The second kappa shape index (κ2) is 3.41. The minimum Gasteiger partial charge on any atom is -0.547 e. The van der Waals surface area contributed by atoms with E-state index in [1.807, 2.05) is 13.8 Å². The van der Waals surface area contributed by atoms with Crippen molar-refractivity contribution in [3.8, 4) is 0 Å². The number of aliphatic carboxylic acids is 1. The Labute approximate surface area is 71.2 Å². The van der Waals surface area contributed by atoms with Crippen molar-refractivity contribution in [3.63, 3.8) is 0 Å². The fourth-order valence-electron chi connectivity index (χ4n) is 1.33. The number of rotatable bonds is 1. The van der Waals surface area contributed by atoms with Gasteiger partial charge in [-0.1, -0.05) is 13.8 Å². The van der Waals surface area contributed by atoms with Crippen LogP contribution in [-0.4, -0.2) is 29.9 Å². The van der Waals surface area contributed by atoms with Crippen LogP contribution in [0.15, 0.2) is 0 Å². The Bertz CT molecular complexity index is 180. The Hall–Kier alpha value is -0.610. The SMILES string of the molecule is CC1COC(C(=O)[O-])C(O)C1C. The number of carbonyl (C=O) groups is 1. The molecule has 1 saturated heterocycles. The van der Waals surface area contributed by atoms with Crippen LogP contribution >= 0.6 is 0 Å². The summed E-state index contributed by atoms with van der Waals surface area (Å²) in [6.07, 6.45) is -2.10. The average Bonchev–Trinajstić information content (AvgIpc) is 2.00. The van der Waals surface area contributed by atoms with Crippen molar-refractivity contribution in [2.24, 2.45) is 11.8 Å². The molecule has 0 spiro atoms. The number of hydrogen-bond acceptors (Lipinski definition) is 4. The molecule has 4 atom stereocenters. The maximum Gasteiger partial charge on any atom is 0.123 e. The third-order valence-electron chi connectivity index (χ3n) is 2.52. The van der Waals surface area contributed by atoms with E-state index in [1.165, 1.54) is 0 Å². The molecule has 12 heavy (non-hydrogen) atoms. The third-order valence-corrected chi connectivity index (χ3v) is 2.52. The van der Waals surface area contributed by atoms with Gasteiger partial charge in [0.1, 0.15) is 6.10 Å². The van der Waals surface area contributed by atoms with Gasteiger partial charge in [0.05, 0.1) is 18.7 Å². The molecule has 1 aliphatic heterocycles. The molecule has 1 rings (SSSR count). The van der Waals surface area contributed by atoms with Gasteiger partial charge in [-0.15, -0.1) is 0 Å². The van der Waals surface area contributed by atoms with Crippen molar-refractivity contribution in [3.05, 3.63) is 0 Å². The Morgan fingerprint density at radius 1 is 1.58 bits per heavy atom. The summed E-state index contributed by atoms with van der Waals surface area (Å²) in [5.74, 6) is -1.20. The molecule has 4 unspecified atom stereocenters. The van der Waals surface area contributed by atoms with Crippen molar-refractivity contribution in [2.45, 2.75) is 26.1 Å². The summed E-state index contributed by atoms with van der Waals surface area (Å²) in [4.78, 5) is 10.4. The van der Waals surface area contributed by atoms with Crippen LogP contribution in [0.25, 0.3) is 0 Å². The van der Waals surface area contributed by atoms with Crippen LogP contribution in [0.1, 0.15) is 13.8 Å². The zero-order valence-electron chi connectivity index (χ0n) is 7.19. The number of hydrogen-bond donors (Lipinski definition) is 1. The van der Waals surface area contributed by atoms with Crippen LogP contribution in [0, 0.1) is 11.8 Å². The van der Waals surface area contributed by atoms with Crippen LogP contribution in [0.3, 0.4) is 0 Å². The molecular weight excluding hydrogens is 160 g/mol. The third kappa shape index (κ3) is 1.59. The Morgan fingerprint density at radius 3 is 2.67 bits per heavy atom. The monoisotopic (exact) mass is 173 g/mol. The lowest BCUT2D eigenvalue weighted by Gasteiger charge is -2.37. The average molecular weight is 173 g/mol. The van der Waals surface area contributed by atoms with Crippen molar-refractivity contribution in [1.29, 1.82) is 0 Å². The first-order chi connectivity index (χ1) is 5.54. The van der Waals surface area contributed by atoms with E-state index in [2.05, 4.69) is 0 Å². The van der Waals surface area contributed by atoms with Crippen LogP contribution in [-0.2, 0) is 9.53 Å². The number of carboxylic acid groups (broad SMARTS) is 1. The topological polar surface area (TPSA) is 69.6 Å². The van der Waals surface area contributed by atoms with Gasteiger partial charge < -0.3 is 19.7 Å². The summed E-state index contributed by atoms with van der Waals surface area (Å²) in [6.45, 7) is 4.10. The minimum atomic E-state index is -1.33. The van der Waals surface area contributed by atoms with Gasteiger partial charge in [-0.3, -0.25) is 0 Å². The van der Waals surface area contributed by atoms with Gasteiger partial charge in [0.25, 0.3) is 0 Å². The number of ether oxygens (including phenoxy) is 1. The highest BCUT2D eigenvalue weighted by Gasteiger charge is 2.34. The molecule has 0 aromatic carbocycles. The molecular formula is C8H13O4-. The summed E-state index contributed by atoms with van der Waals surface area (Å²) in [6, 6.07) is 0. The smallest absolute Gasteiger partial charge is 0.123 e. The molecule has 0 radical (unpaired) electrons. The first kappa shape index (κ1) is 9.48. The lowest BCUT2D eigenvalue weighted by atomic mass is 9.86. The summed E-state index contributed by atoms with van der Waals surface area (Å²) >= 11 is 0. The van der Waals surface area contributed by atoms with Gasteiger partial charge in [-0.05, 0) is 11.8 Å². The van der Waals surface area contributed by atoms with Crippen LogP contribution in [0.5, 0.6) is 0 Å². The van der Waals surface area contributed by atoms with E-state index in [0.717, 1.165) is 0 Å². The van der Waals surface area contributed by atoms with Gasteiger partial charge in [0.15, 0.2) is 0 Å². The van der Waals surface area contributed by atoms with E-state index in [4.69, 9.17) is 4.74 Å². The van der Waals surface area contributed by atoms with Gasteiger partial charge in [0.2, 0.25) is 0 Å². The number of aliphatic hydroxyl groups is 1. The molecule has 1 heterocycles. The Kier molecular flexibility index (Phi) is 2.69. The van der Waals surface area contributed by atoms with E-state index in [9.17, 15) is 15.0 Å². The number of carbonyl (C=O) groups excluding carboxylic acids is 1. The lowest BCUT2D eigenvalue weighted by molar-refractivity contribution is -0.325. The molecule has 0 bridgehead atoms. The first-order valence-electron chi connectivity index (χ1n) is 4.04. The van der Waals surface area contributed by atoms with E-state index in [-0.39, 0.29) is 11.8 Å². The number of carboxylic acids is 1. The predicted octanol–water partition coefficient (Wildman–Crippen LogP) is -1.23. The summed E-state index contributed by atoms with van der Waals surface area (Å²) in [5, 5.41) is 19.9. The van der Waals surface area contributed by atoms with Gasteiger partial charge in [0, 0.05) is 0 Å². The van der Waals surface area contributed by atoms with Crippen molar-refractivity contribution < 1.29 is 19.7 Å². The van der Waals surface area contributed by atoms with Gasteiger partial charge in [-0.25, -0.2) is 0 Å². The first-order valence-corrected chi connectivity index (χ1v) is 4.04. The lowest BCUT2D eigenvalue weighted by Crippen LogP contribution is -2.53. The van der Waals surface area contributed by atoms with Crippen molar-refractivity contribution in [1.82, 2.24) is 0 Å². The zero-order chi connectivity index (χ0) is 9.30. The molecule has 70 valence electrons. The molecule has 4 heteroatoms. The Morgan fingerprint density at radius 2 is 2.17 bits per heavy atom. The van der Waals surface area contributed by atoms with E-state index >= 15 is 0 Å². The largest absolute Gasteiger partial charge is 0.547 e. The highest BCUT2D eigenvalue weighted by Crippen LogP contribution is 2.25. The summed E-state index contributed by atoms with van der Waals surface area (Å²) < 4.78 is 4.92. The van der Waals surface area contributed by atoms with Gasteiger partial charge >= 0.3 is 0 Å². The minimum absolute atomic E-state index is 0.0540. The fraction of sp³-hybridized carbons (Fsp3) is 0.875. The van der Waals surface area contributed by atoms with E-state index in [0.29, 0.717) is 6.61 Å². The maximum atomic E-state index is 10.4. The van der Waals surface area contributed by atoms with Crippen LogP contribution in [0.2, 0.25) is 0 Å². The molecule has 0 aromatic rings. The molecule has 0 amide bonds. The standard InChI is InChI=1S/C8H14O4/c1-4-3-12-7(8(10)11)6(9)5(4)2/h4-7,9H,3H2,1-2H3,(H,10,11)/p-1. The zero-order valence-corrected chi connectivity index (χ0v) is 7.19. The molecule has 1 aliphatic rings. The highest BCUT2D eigenvalue weighted by molar-refractivity contribution is 5.71. The van der Waals surface area contributed by atoms with Crippen molar-refractivity contribution in [2.75, 3.05) is 6.61 Å². The molecule has 1 N–H and O–H groups in total. The normalized spacial score (nSPS) is 42.6. The van der Waals surface area contributed by atoms with Crippen LogP contribution in [0.4, 0.5) is 0 Å². The summed E-state index contributed by atoms with van der Waals surface area (Å²) in [7, 11) is 0. The molecule has 0 saturated carbocycles. The molecule has 0 aliphatic carbocycles. The van der Waals surface area contributed by atoms with Crippen molar-refractivity contribution >= 4 is 5.97 Å². The number of aliphatic hydroxyl groups excluding tert-OH is 1. The maximum absolute atomic E-state index is 10.4. The second-order valence-electron chi connectivity index (χ2n) is 3.40. The molecule has 4 nitrogen and oxygen atoms in total. The quantitative estimate of drug-likeness (QED) is 0.539. The van der Waals surface area contributed by atoms with Crippen LogP contribution < -0.4 is 5.11 Å². The van der Waals surface area contributed by atoms with E-state index < -0.39 is 18.2 Å².